The zero-order chi connectivity index (χ0) is 16.3. The van der Waals surface area contributed by atoms with Gasteiger partial charge in [-0.3, -0.25) is 0 Å². The third kappa shape index (κ3) is 2.98. The van der Waals surface area contributed by atoms with Gasteiger partial charge in [0, 0.05) is 5.56 Å². The first kappa shape index (κ1) is 16.1. The van der Waals surface area contributed by atoms with Gasteiger partial charge in [0.2, 0.25) is 0 Å². The van der Waals surface area contributed by atoms with E-state index in [0.29, 0.717) is 17.9 Å². The quantitative estimate of drug-likeness (QED) is 0.792. The van der Waals surface area contributed by atoms with Crippen molar-refractivity contribution in [2.75, 3.05) is 13.2 Å². The van der Waals surface area contributed by atoms with Gasteiger partial charge in [0.15, 0.2) is 17.1 Å². The first-order chi connectivity index (χ1) is 10.5. The van der Waals surface area contributed by atoms with Gasteiger partial charge in [-0.2, -0.15) is 0 Å². The van der Waals surface area contributed by atoms with Gasteiger partial charge in [-0.1, -0.05) is 19.9 Å². The standard InChI is InChI=1S/C17H20O5/c1-5-20-13-8-7-11(10(3)4)9-12-14(16(18)21-6-2)17(19)22-15(12)13/h7-10H,5-6H2,1-4H3. The number of hydrogen-bond donors (Lipinski definition) is 0. The van der Waals surface area contributed by atoms with E-state index < -0.39 is 11.6 Å². The minimum atomic E-state index is -0.699. The Balaban J connectivity index is 2.73. The molecule has 2 rings (SSSR count). The number of carbonyl (C=O) groups excluding carboxylic acids is 1. The maximum absolute atomic E-state index is 12.1. The smallest absolute Gasteiger partial charge is 0.351 e. The van der Waals surface area contributed by atoms with Crippen LogP contribution in [0, 0.1) is 0 Å². The molecule has 0 spiro atoms. The van der Waals surface area contributed by atoms with Crippen molar-refractivity contribution in [1.29, 1.82) is 0 Å². The van der Waals surface area contributed by atoms with Gasteiger partial charge in [0.1, 0.15) is 0 Å². The predicted octanol–water partition coefficient (Wildman–Crippen LogP) is 3.44. The van der Waals surface area contributed by atoms with Gasteiger partial charge >= 0.3 is 11.6 Å². The van der Waals surface area contributed by atoms with Crippen molar-refractivity contribution in [2.24, 2.45) is 0 Å². The molecule has 0 amide bonds. The summed E-state index contributed by atoms with van der Waals surface area (Å²) < 4.78 is 15.8. The normalized spacial score (nSPS) is 11.0. The second kappa shape index (κ2) is 6.64. The second-order valence-corrected chi connectivity index (χ2v) is 5.16. The van der Waals surface area contributed by atoms with Crippen LogP contribution in [0.15, 0.2) is 27.4 Å². The number of rotatable bonds is 5. The van der Waals surface area contributed by atoms with E-state index in [4.69, 9.17) is 13.9 Å². The van der Waals surface area contributed by atoms with Gasteiger partial charge in [0.05, 0.1) is 13.2 Å². The lowest BCUT2D eigenvalue weighted by molar-refractivity contribution is 0.0524. The topological polar surface area (TPSA) is 65.7 Å². The summed E-state index contributed by atoms with van der Waals surface area (Å²) in [5, 5.41) is 0. The van der Waals surface area contributed by atoms with Gasteiger partial charge in [0.25, 0.3) is 0 Å². The monoisotopic (exact) mass is 304 g/mol. The van der Waals surface area contributed by atoms with E-state index in [-0.39, 0.29) is 23.8 Å². The molecule has 0 radical (unpaired) electrons. The van der Waals surface area contributed by atoms with E-state index in [1.165, 1.54) is 0 Å². The summed E-state index contributed by atoms with van der Waals surface area (Å²) in [6, 6.07) is 5.46. The number of carbonyl (C=O) groups is 1. The second-order valence-electron chi connectivity index (χ2n) is 5.16. The van der Waals surface area contributed by atoms with Crippen LogP contribution in [-0.2, 0) is 4.74 Å². The molecule has 0 fully saturated rings. The fourth-order valence-electron chi connectivity index (χ4n) is 2.23. The Morgan fingerprint density at radius 3 is 2.55 bits per heavy atom. The Bertz CT molecular complexity index is 699. The molecule has 1 heterocycles. The minimum absolute atomic E-state index is 0.0732. The summed E-state index contributed by atoms with van der Waals surface area (Å²) in [5.74, 6) is 0.276. The van der Waals surface area contributed by atoms with Crippen molar-refractivity contribution < 1.29 is 18.7 Å². The van der Waals surface area contributed by atoms with Crippen molar-refractivity contribution in [3.05, 3.63) is 39.7 Å². The average molecular weight is 304 g/mol. The fourth-order valence-corrected chi connectivity index (χ4v) is 2.23. The largest absolute Gasteiger partial charge is 0.490 e. The maximum Gasteiger partial charge on any atom is 0.351 e. The van der Waals surface area contributed by atoms with Gasteiger partial charge in [-0.05, 0) is 37.5 Å². The third-order valence-electron chi connectivity index (χ3n) is 3.32. The Hall–Kier alpha value is -2.30. The van der Waals surface area contributed by atoms with Crippen LogP contribution in [0.5, 0.6) is 5.75 Å². The average Bonchev–Trinajstić information content (AvgIpc) is 2.68. The predicted molar refractivity (Wildman–Crippen MR) is 82.8 cm³/mol. The minimum Gasteiger partial charge on any atom is -0.490 e. The molecule has 0 saturated carbocycles. The molecule has 0 aromatic heterocycles. The summed E-state index contributed by atoms with van der Waals surface area (Å²) in [7, 11) is 0. The van der Waals surface area contributed by atoms with E-state index in [2.05, 4.69) is 0 Å². The summed E-state index contributed by atoms with van der Waals surface area (Å²) in [4.78, 5) is 24.1. The van der Waals surface area contributed by atoms with E-state index in [9.17, 15) is 9.59 Å². The molecule has 0 aromatic carbocycles. The third-order valence-corrected chi connectivity index (χ3v) is 3.32. The molecule has 5 nitrogen and oxygen atoms in total. The molecule has 0 bridgehead atoms. The zero-order valence-corrected chi connectivity index (χ0v) is 13.3. The SMILES string of the molecule is CCOC(=O)c1c2cc(C(C)C)ccc(OCC)c-2oc1=O. The molecule has 0 saturated heterocycles. The maximum atomic E-state index is 12.1. The van der Waals surface area contributed by atoms with Crippen LogP contribution >= 0.6 is 0 Å². The van der Waals surface area contributed by atoms with E-state index in [1.54, 1.807) is 19.1 Å². The number of fused-ring (bicyclic) bond motifs is 1. The van der Waals surface area contributed by atoms with Crippen molar-refractivity contribution in [3.8, 4) is 17.1 Å². The first-order valence-corrected chi connectivity index (χ1v) is 7.40. The van der Waals surface area contributed by atoms with Crippen molar-refractivity contribution >= 4 is 5.97 Å². The zero-order valence-electron chi connectivity index (χ0n) is 13.3. The summed E-state index contributed by atoms with van der Waals surface area (Å²) in [6.45, 7) is 8.22. The molecular weight excluding hydrogens is 284 g/mol. The Kier molecular flexibility index (Phi) is 4.85. The van der Waals surface area contributed by atoms with Crippen LogP contribution in [0.2, 0.25) is 0 Å². The summed E-state index contributed by atoms with van der Waals surface area (Å²) in [6.07, 6.45) is 0. The molecule has 1 aliphatic heterocycles. The van der Waals surface area contributed by atoms with E-state index in [0.717, 1.165) is 5.56 Å². The van der Waals surface area contributed by atoms with Crippen LogP contribution in [0.4, 0.5) is 0 Å². The Morgan fingerprint density at radius 2 is 1.95 bits per heavy atom. The summed E-state index contributed by atoms with van der Waals surface area (Å²) >= 11 is 0. The highest BCUT2D eigenvalue weighted by Gasteiger charge is 2.27. The Morgan fingerprint density at radius 1 is 1.23 bits per heavy atom. The molecule has 0 aromatic rings. The van der Waals surface area contributed by atoms with Crippen LogP contribution in [-0.4, -0.2) is 19.2 Å². The molecular formula is C17H20O5. The van der Waals surface area contributed by atoms with Crippen LogP contribution in [0.1, 0.15) is 49.5 Å². The van der Waals surface area contributed by atoms with E-state index in [1.807, 2.05) is 26.8 Å². The molecule has 22 heavy (non-hydrogen) atoms. The van der Waals surface area contributed by atoms with Crippen LogP contribution < -0.4 is 10.4 Å². The van der Waals surface area contributed by atoms with Gasteiger partial charge in [-0.25, -0.2) is 9.59 Å². The lowest BCUT2D eigenvalue weighted by Gasteiger charge is -2.04. The van der Waals surface area contributed by atoms with Crippen molar-refractivity contribution in [3.63, 3.8) is 0 Å². The lowest BCUT2D eigenvalue weighted by Crippen LogP contribution is -2.13. The van der Waals surface area contributed by atoms with Gasteiger partial charge < -0.3 is 13.9 Å². The molecule has 5 heteroatoms. The van der Waals surface area contributed by atoms with E-state index >= 15 is 0 Å². The van der Waals surface area contributed by atoms with Crippen molar-refractivity contribution in [2.45, 2.75) is 33.6 Å². The number of hydrogen-bond acceptors (Lipinski definition) is 5. The molecule has 0 atom stereocenters. The first-order valence-electron chi connectivity index (χ1n) is 7.40. The summed E-state index contributed by atoms with van der Waals surface area (Å²) in [5.41, 5.74) is 0.633. The van der Waals surface area contributed by atoms with Crippen LogP contribution in [0.25, 0.3) is 11.3 Å². The molecule has 0 unspecified atom stereocenters. The highest BCUT2D eigenvalue weighted by molar-refractivity contribution is 5.97. The number of esters is 1. The number of ether oxygens (including phenoxy) is 2. The highest BCUT2D eigenvalue weighted by atomic mass is 16.5. The van der Waals surface area contributed by atoms with Crippen LogP contribution in [0.3, 0.4) is 0 Å². The molecule has 1 aliphatic carbocycles. The number of furan rings is 1. The highest BCUT2D eigenvalue weighted by Crippen LogP contribution is 2.35. The molecule has 2 aliphatic rings. The van der Waals surface area contributed by atoms with Crippen molar-refractivity contribution in [1.82, 2.24) is 0 Å². The molecule has 118 valence electrons. The van der Waals surface area contributed by atoms with Gasteiger partial charge in [-0.15, -0.1) is 0 Å². The molecule has 0 N–H and O–H groups in total. The Labute approximate surface area is 129 Å². The lowest BCUT2D eigenvalue weighted by atomic mass is 10.0. The fraction of sp³-hybridized carbons (Fsp3) is 0.412.